The van der Waals surface area contributed by atoms with Crippen LogP contribution in [0.25, 0.3) is 0 Å². The van der Waals surface area contributed by atoms with Gasteiger partial charge in [-0.1, -0.05) is 55.7 Å². The Labute approximate surface area is 192 Å². The number of hydrogen-bond acceptors (Lipinski definition) is 4. The molecule has 1 saturated heterocycles. The first kappa shape index (κ1) is 22.8. The molecule has 2 aromatic rings. The van der Waals surface area contributed by atoms with Gasteiger partial charge in [-0.15, -0.1) is 0 Å². The van der Waals surface area contributed by atoms with Crippen LogP contribution < -0.4 is 4.90 Å². The normalized spacial score (nSPS) is 20.3. The van der Waals surface area contributed by atoms with E-state index in [1.807, 2.05) is 37.9 Å². The Balaban J connectivity index is 1.52. The SMILES string of the molecule is CC(C)(C)OC(=O)N(c1ccc(C2CCCN2Cc2ccccc2)cn1)C1CCCCC1. The van der Waals surface area contributed by atoms with E-state index >= 15 is 0 Å². The number of benzene rings is 1. The predicted molar refractivity (Wildman–Crippen MR) is 129 cm³/mol. The molecule has 1 aromatic heterocycles. The molecule has 5 heteroatoms. The number of amides is 1. The van der Waals surface area contributed by atoms with Crippen LogP contribution in [0.15, 0.2) is 48.7 Å². The number of pyridine rings is 1. The molecule has 1 aliphatic carbocycles. The van der Waals surface area contributed by atoms with E-state index in [4.69, 9.17) is 9.72 Å². The highest BCUT2D eigenvalue weighted by Crippen LogP contribution is 2.34. The third-order valence-corrected chi connectivity index (χ3v) is 6.52. The van der Waals surface area contributed by atoms with Crippen LogP contribution in [0, 0.1) is 0 Å². The quantitative estimate of drug-likeness (QED) is 0.538. The van der Waals surface area contributed by atoms with Gasteiger partial charge in [0, 0.05) is 24.8 Å². The molecule has 0 bridgehead atoms. The monoisotopic (exact) mass is 435 g/mol. The summed E-state index contributed by atoms with van der Waals surface area (Å²) < 4.78 is 5.76. The van der Waals surface area contributed by atoms with Crippen molar-refractivity contribution < 1.29 is 9.53 Å². The number of carbonyl (C=O) groups excluding carboxylic acids is 1. The number of rotatable bonds is 5. The molecule has 0 radical (unpaired) electrons. The number of likely N-dealkylation sites (tertiary alicyclic amines) is 1. The summed E-state index contributed by atoms with van der Waals surface area (Å²) in [6, 6.07) is 15.4. The maximum absolute atomic E-state index is 13.1. The van der Waals surface area contributed by atoms with Crippen molar-refractivity contribution in [3.05, 3.63) is 59.8 Å². The third kappa shape index (κ3) is 5.69. The zero-order valence-electron chi connectivity index (χ0n) is 19.8. The molecule has 1 saturated carbocycles. The van der Waals surface area contributed by atoms with Crippen LogP contribution in [0.3, 0.4) is 0 Å². The Morgan fingerprint density at radius 1 is 1.03 bits per heavy atom. The lowest BCUT2D eigenvalue weighted by Gasteiger charge is -2.35. The Bertz CT molecular complexity index is 870. The summed E-state index contributed by atoms with van der Waals surface area (Å²) in [7, 11) is 0. The fraction of sp³-hybridized carbons (Fsp3) is 0.556. The van der Waals surface area contributed by atoms with Gasteiger partial charge in [-0.3, -0.25) is 9.80 Å². The smallest absolute Gasteiger partial charge is 0.416 e. The molecule has 2 aliphatic rings. The summed E-state index contributed by atoms with van der Waals surface area (Å²) in [5.41, 5.74) is 2.05. The van der Waals surface area contributed by atoms with Crippen LogP contribution >= 0.6 is 0 Å². The summed E-state index contributed by atoms with van der Waals surface area (Å²) in [6.45, 7) is 7.82. The molecule has 5 nitrogen and oxygen atoms in total. The van der Waals surface area contributed by atoms with Crippen molar-refractivity contribution in [3.63, 3.8) is 0 Å². The first-order valence-electron chi connectivity index (χ1n) is 12.2. The van der Waals surface area contributed by atoms with Gasteiger partial charge in [0.15, 0.2) is 0 Å². The van der Waals surface area contributed by atoms with Gasteiger partial charge >= 0.3 is 6.09 Å². The molecule has 0 N–H and O–H groups in total. The number of anilines is 1. The van der Waals surface area contributed by atoms with Gasteiger partial charge in [-0.05, 0) is 70.2 Å². The van der Waals surface area contributed by atoms with Crippen LogP contribution in [0.5, 0.6) is 0 Å². The van der Waals surface area contributed by atoms with Crippen molar-refractivity contribution in [3.8, 4) is 0 Å². The van der Waals surface area contributed by atoms with Crippen molar-refractivity contribution in [1.82, 2.24) is 9.88 Å². The molecule has 1 atom stereocenters. The number of carbonyl (C=O) groups is 1. The Morgan fingerprint density at radius 2 is 1.78 bits per heavy atom. The van der Waals surface area contributed by atoms with Crippen LogP contribution in [-0.4, -0.2) is 34.2 Å². The molecule has 1 aliphatic heterocycles. The summed E-state index contributed by atoms with van der Waals surface area (Å²) in [5.74, 6) is 0.711. The first-order valence-corrected chi connectivity index (χ1v) is 12.2. The Hall–Kier alpha value is -2.40. The zero-order chi connectivity index (χ0) is 22.6. The minimum atomic E-state index is -0.522. The van der Waals surface area contributed by atoms with Crippen LogP contribution in [0.1, 0.15) is 82.9 Å². The number of ether oxygens (including phenoxy) is 1. The first-order chi connectivity index (χ1) is 15.4. The standard InChI is InChI=1S/C27H37N3O2/c1-27(2,3)32-26(31)30(23-13-8-5-9-14-23)25-17-16-22(19-28-25)24-15-10-18-29(24)20-21-11-6-4-7-12-21/h4,6-7,11-12,16-17,19,23-24H,5,8-10,13-15,18,20H2,1-3H3. The van der Waals surface area contributed by atoms with Crippen molar-refractivity contribution >= 4 is 11.9 Å². The molecule has 0 spiro atoms. The molecule has 1 unspecified atom stereocenters. The van der Waals surface area contributed by atoms with Crippen LogP contribution in [-0.2, 0) is 11.3 Å². The third-order valence-electron chi connectivity index (χ3n) is 6.52. The van der Waals surface area contributed by atoms with E-state index < -0.39 is 5.60 Å². The lowest BCUT2D eigenvalue weighted by atomic mass is 9.94. The number of nitrogens with zero attached hydrogens (tertiary/aromatic N) is 3. The maximum Gasteiger partial charge on any atom is 0.416 e. The highest BCUT2D eigenvalue weighted by molar-refractivity contribution is 5.87. The number of aromatic nitrogens is 1. The zero-order valence-corrected chi connectivity index (χ0v) is 19.8. The van der Waals surface area contributed by atoms with E-state index in [-0.39, 0.29) is 12.1 Å². The van der Waals surface area contributed by atoms with Gasteiger partial charge in [-0.2, -0.15) is 0 Å². The molecule has 32 heavy (non-hydrogen) atoms. The average molecular weight is 436 g/mol. The maximum atomic E-state index is 13.1. The van der Waals surface area contributed by atoms with Crippen LogP contribution in [0.2, 0.25) is 0 Å². The minimum absolute atomic E-state index is 0.165. The van der Waals surface area contributed by atoms with E-state index in [1.54, 1.807) is 0 Å². The summed E-state index contributed by atoms with van der Waals surface area (Å²) in [5, 5.41) is 0. The van der Waals surface area contributed by atoms with Crippen LogP contribution in [0.4, 0.5) is 10.6 Å². The van der Waals surface area contributed by atoms with Crippen molar-refractivity contribution in [2.45, 2.75) is 89.9 Å². The molecule has 2 heterocycles. The second-order valence-corrected chi connectivity index (χ2v) is 10.2. The van der Waals surface area contributed by atoms with E-state index in [0.29, 0.717) is 11.9 Å². The van der Waals surface area contributed by atoms with E-state index in [9.17, 15) is 4.79 Å². The Morgan fingerprint density at radius 3 is 2.44 bits per heavy atom. The largest absolute Gasteiger partial charge is 0.443 e. The fourth-order valence-electron chi connectivity index (χ4n) is 5.03. The topological polar surface area (TPSA) is 45.7 Å². The van der Waals surface area contributed by atoms with Crippen molar-refractivity contribution in [2.24, 2.45) is 0 Å². The van der Waals surface area contributed by atoms with E-state index in [1.165, 1.54) is 24.0 Å². The lowest BCUT2D eigenvalue weighted by molar-refractivity contribution is 0.0556. The second-order valence-electron chi connectivity index (χ2n) is 10.2. The predicted octanol–water partition coefficient (Wildman–Crippen LogP) is 6.49. The van der Waals surface area contributed by atoms with Gasteiger partial charge in [0.2, 0.25) is 0 Å². The highest BCUT2D eigenvalue weighted by Gasteiger charge is 2.32. The number of hydrogen-bond donors (Lipinski definition) is 0. The fourth-order valence-corrected chi connectivity index (χ4v) is 5.03. The van der Waals surface area contributed by atoms with E-state index in [2.05, 4.69) is 41.3 Å². The van der Waals surface area contributed by atoms with Crippen molar-refractivity contribution in [2.75, 3.05) is 11.4 Å². The van der Waals surface area contributed by atoms with Gasteiger partial charge in [0.25, 0.3) is 0 Å². The van der Waals surface area contributed by atoms with E-state index in [0.717, 1.165) is 45.2 Å². The lowest BCUT2D eigenvalue weighted by Crippen LogP contribution is -2.45. The van der Waals surface area contributed by atoms with Gasteiger partial charge in [0.1, 0.15) is 11.4 Å². The van der Waals surface area contributed by atoms with Gasteiger partial charge in [0.05, 0.1) is 0 Å². The Kier molecular flexibility index (Phi) is 7.14. The molecular weight excluding hydrogens is 398 g/mol. The van der Waals surface area contributed by atoms with Gasteiger partial charge < -0.3 is 4.74 Å². The molecule has 172 valence electrons. The molecule has 2 fully saturated rings. The molecule has 1 aromatic carbocycles. The summed E-state index contributed by atoms with van der Waals surface area (Å²) in [6.07, 6.45) is 9.60. The van der Waals surface area contributed by atoms with Gasteiger partial charge in [-0.25, -0.2) is 9.78 Å². The minimum Gasteiger partial charge on any atom is -0.443 e. The molecular formula is C27H37N3O2. The highest BCUT2D eigenvalue weighted by atomic mass is 16.6. The van der Waals surface area contributed by atoms with Crippen molar-refractivity contribution in [1.29, 1.82) is 0 Å². The summed E-state index contributed by atoms with van der Waals surface area (Å²) >= 11 is 0. The average Bonchev–Trinajstić information content (AvgIpc) is 3.23. The molecule has 1 amide bonds. The molecule has 4 rings (SSSR count). The summed E-state index contributed by atoms with van der Waals surface area (Å²) in [4.78, 5) is 22.3. The second kappa shape index (κ2) is 10.0.